The molecule has 0 bridgehead atoms. The van der Waals surface area contributed by atoms with Crippen LogP contribution in [0.2, 0.25) is 0 Å². The molecule has 2 atom stereocenters. The summed E-state index contributed by atoms with van der Waals surface area (Å²) in [7, 11) is -3.43. The molecule has 1 saturated heterocycles. The molecule has 31 heavy (non-hydrogen) atoms. The van der Waals surface area contributed by atoms with E-state index in [1.165, 1.54) is 19.4 Å². The first-order chi connectivity index (χ1) is 14.5. The highest BCUT2D eigenvalue weighted by atomic mass is 32.2. The number of ether oxygens (including phenoxy) is 1. The number of nitrogens with one attached hydrogen (secondary N) is 1. The molecule has 7 nitrogen and oxygen atoms in total. The lowest BCUT2D eigenvalue weighted by atomic mass is 9.83. The quantitative estimate of drug-likeness (QED) is 0.662. The van der Waals surface area contributed by atoms with Crippen molar-refractivity contribution in [2.75, 3.05) is 19.4 Å². The van der Waals surface area contributed by atoms with E-state index in [4.69, 9.17) is 4.74 Å². The van der Waals surface area contributed by atoms with Gasteiger partial charge in [0.2, 0.25) is 10.0 Å². The molecule has 2 N–H and O–H groups in total. The average Bonchev–Trinajstić information content (AvgIpc) is 2.71. The SMILES string of the molecule is CC(C)(O)C(=O)N1CCC[C@@H](NS(C)(=O)=O)[C@H]1CO[C@H]1CC[C@@H](c2ccccc2)CC1. The van der Waals surface area contributed by atoms with Crippen LogP contribution in [0.4, 0.5) is 0 Å². The Kier molecular flexibility index (Phi) is 7.78. The zero-order chi connectivity index (χ0) is 22.6. The maximum atomic E-state index is 12.8. The van der Waals surface area contributed by atoms with Gasteiger partial charge in [0.15, 0.2) is 0 Å². The van der Waals surface area contributed by atoms with Gasteiger partial charge < -0.3 is 14.7 Å². The molecule has 3 rings (SSSR count). The number of amides is 1. The number of hydrogen-bond acceptors (Lipinski definition) is 5. The third-order valence-electron chi connectivity index (χ3n) is 6.38. The van der Waals surface area contributed by atoms with E-state index in [2.05, 4.69) is 29.0 Å². The molecule has 174 valence electrons. The van der Waals surface area contributed by atoms with Crippen LogP contribution >= 0.6 is 0 Å². The number of aliphatic hydroxyl groups is 1. The fraction of sp³-hybridized carbons (Fsp3) is 0.696. The standard InChI is InChI=1S/C23H36N2O5S/c1-23(2,27)22(26)25-15-7-10-20(24-31(3,28)29)21(25)16-30-19-13-11-18(12-14-19)17-8-5-4-6-9-17/h4-6,8-9,18-21,24,27H,7,10-16H2,1-3H3/t18-,19+,20-,21-/m1/s1. The summed E-state index contributed by atoms with van der Waals surface area (Å²) in [5.74, 6) is 0.150. The van der Waals surface area contributed by atoms with Gasteiger partial charge in [-0.1, -0.05) is 30.3 Å². The highest BCUT2D eigenvalue weighted by Gasteiger charge is 2.41. The van der Waals surface area contributed by atoms with Crippen LogP contribution in [0.3, 0.4) is 0 Å². The molecule has 0 aromatic heterocycles. The summed E-state index contributed by atoms with van der Waals surface area (Å²) in [6.07, 6.45) is 6.52. The molecule has 2 aliphatic rings. The number of carbonyl (C=O) groups is 1. The van der Waals surface area contributed by atoms with E-state index in [1.54, 1.807) is 4.90 Å². The second kappa shape index (κ2) is 9.98. The normalized spacial score (nSPS) is 27.8. The zero-order valence-corrected chi connectivity index (χ0v) is 19.6. The third-order valence-corrected chi connectivity index (χ3v) is 7.11. The Labute approximate surface area is 186 Å². The monoisotopic (exact) mass is 452 g/mol. The van der Waals surface area contributed by atoms with Crippen molar-refractivity contribution in [3.63, 3.8) is 0 Å². The summed E-state index contributed by atoms with van der Waals surface area (Å²) < 4.78 is 32.7. The molecule has 1 aliphatic carbocycles. The van der Waals surface area contributed by atoms with Crippen molar-refractivity contribution in [1.29, 1.82) is 0 Å². The van der Waals surface area contributed by atoms with E-state index < -0.39 is 33.6 Å². The van der Waals surface area contributed by atoms with Crippen LogP contribution in [0, 0.1) is 0 Å². The van der Waals surface area contributed by atoms with Crippen molar-refractivity contribution >= 4 is 15.9 Å². The van der Waals surface area contributed by atoms with Gasteiger partial charge in [-0.3, -0.25) is 4.79 Å². The minimum Gasteiger partial charge on any atom is -0.381 e. The zero-order valence-electron chi connectivity index (χ0n) is 18.8. The second-order valence-electron chi connectivity index (χ2n) is 9.48. The number of benzene rings is 1. The molecular weight excluding hydrogens is 416 g/mol. The number of sulfonamides is 1. The van der Waals surface area contributed by atoms with Crippen molar-refractivity contribution in [2.24, 2.45) is 0 Å². The van der Waals surface area contributed by atoms with E-state index >= 15 is 0 Å². The first kappa shape index (κ1) is 24.2. The van der Waals surface area contributed by atoms with Crippen molar-refractivity contribution in [3.05, 3.63) is 35.9 Å². The van der Waals surface area contributed by atoms with Gasteiger partial charge in [0.05, 0.1) is 25.0 Å². The first-order valence-corrected chi connectivity index (χ1v) is 13.1. The molecule has 8 heteroatoms. The van der Waals surface area contributed by atoms with Crippen LogP contribution in [-0.2, 0) is 19.6 Å². The molecule has 1 amide bonds. The maximum Gasteiger partial charge on any atom is 0.254 e. The Morgan fingerprint density at radius 1 is 1.16 bits per heavy atom. The van der Waals surface area contributed by atoms with Gasteiger partial charge in [0, 0.05) is 12.6 Å². The van der Waals surface area contributed by atoms with Crippen LogP contribution in [0.15, 0.2) is 30.3 Å². The van der Waals surface area contributed by atoms with E-state index in [1.807, 2.05) is 6.07 Å². The molecule has 1 heterocycles. The van der Waals surface area contributed by atoms with Crippen LogP contribution in [0.25, 0.3) is 0 Å². The Bertz CT molecular complexity index is 829. The number of nitrogens with zero attached hydrogens (tertiary/aromatic N) is 1. The Balaban J connectivity index is 1.64. The second-order valence-corrected chi connectivity index (χ2v) is 11.3. The van der Waals surface area contributed by atoms with Gasteiger partial charge >= 0.3 is 0 Å². The Hall–Kier alpha value is -1.48. The molecule has 1 saturated carbocycles. The highest BCUT2D eigenvalue weighted by Crippen LogP contribution is 2.34. The highest BCUT2D eigenvalue weighted by molar-refractivity contribution is 7.88. The molecule has 0 unspecified atom stereocenters. The Morgan fingerprint density at radius 3 is 2.39 bits per heavy atom. The molecule has 1 aromatic rings. The number of likely N-dealkylation sites (tertiary alicyclic amines) is 1. The number of carbonyl (C=O) groups excluding carboxylic acids is 1. The average molecular weight is 453 g/mol. The van der Waals surface area contributed by atoms with Gasteiger partial charge in [0.1, 0.15) is 5.60 Å². The fourth-order valence-electron chi connectivity index (χ4n) is 4.80. The van der Waals surface area contributed by atoms with Crippen molar-refractivity contribution in [3.8, 4) is 0 Å². The summed E-state index contributed by atoms with van der Waals surface area (Å²) in [5, 5.41) is 10.3. The van der Waals surface area contributed by atoms with Crippen LogP contribution < -0.4 is 4.72 Å². The lowest BCUT2D eigenvalue weighted by Gasteiger charge is -2.43. The minimum atomic E-state index is -3.43. The van der Waals surface area contributed by atoms with Gasteiger partial charge in [-0.15, -0.1) is 0 Å². The molecule has 1 aromatic carbocycles. The van der Waals surface area contributed by atoms with Gasteiger partial charge in [-0.2, -0.15) is 0 Å². The molecule has 1 aliphatic heterocycles. The minimum absolute atomic E-state index is 0.0971. The molecular formula is C23H36N2O5S. The predicted molar refractivity (Wildman–Crippen MR) is 120 cm³/mol. The van der Waals surface area contributed by atoms with Crippen molar-refractivity contribution in [1.82, 2.24) is 9.62 Å². The summed E-state index contributed by atoms with van der Waals surface area (Å²) in [4.78, 5) is 14.4. The lowest BCUT2D eigenvalue weighted by molar-refractivity contribution is -0.155. The van der Waals surface area contributed by atoms with E-state index in [9.17, 15) is 18.3 Å². The summed E-state index contributed by atoms with van der Waals surface area (Å²) in [6.45, 7) is 3.67. The van der Waals surface area contributed by atoms with E-state index in [0.29, 0.717) is 25.3 Å². The smallest absolute Gasteiger partial charge is 0.254 e. The number of rotatable bonds is 7. The van der Waals surface area contributed by atoms with Gasteiger partial charge in [-0.05, 0) is 63.9 Å². The van der Waals surface area contributed by atoms with E-state index in [-0.39, 0.29) is 12.7 Å². The molecule has 2 fully saturated rings. The van der Waals surface area contributed by atoms with Gasteiger partial charge in [-0.25, -0.2) is 13.1 Å². The van der Waals surface area contributed by atoms with E-state index in [0.717, 1.165) is 31.9 Å². The maximum absolute atomic E-state index is 12.8. The largest absolute Gasteiger partial charge is 0.381 e. The summed E-state index contributed by atoms with van der Waals surface area (Å²) in [5.41, 5.74) is -0.147. The lowest BCUT2D eigenvalue weighted by Crippen LogP contribution is -2.62. The van der Waals surface area contributed by atoms with Crippen LogP contribution in [0.1, 0.15) is 63.9 Å². The number of hydrogen-bond donors (Lipinski definition) is 2. The van der Waals surface area contributed by atoms with Crippen LogP contribution in [0.5, 0.6) is 0 Å². The van der Waals surface area contributed by atoms with Gasteiger partial charge in [0.25, 0.3) is 5.91 Å². The predicted octanol–water partition coefficient (Wildman–Crippen LogP) is 2.41. The number of piperidine rings is 1. The topological polar surface area (TPSA) is 95.9 Å². The fourth-order valence-corrected chi connectivity index (χ4v) is 5.63. The van der Waals surface area contributed by atoms with Crippen LogP contribution in [-0.4, -0.2) is 67.5 Å². The van der Waals surface area contributed by atoms with Crippen molar-refractivity contribution < 1.29 is 23.1 Å². The van der Waals surface area contributed by atoms with Crippen molar-refractivity contribution in [2.45, 2.75) is 82.1 Å². The first-order valence-electron chi connectivity index (χ1n) is 11.2. The molecule has 0 spiro atoms. The third kappa shape index (κ3) is 6.75. The molecule has 0 radical (unpaired) electrons. The summed E-state index contributed by atoms with van der Waals surface area (Å²) >= 11 is 0. The summed E-state index contributed by atoms with van der Waals surface area (Å²) in [6, 6.07) is 9.67. The Morgan fingerprint density at radius 2 is 1.81 bits per heavy atom.